The Balaban J connectivity index is 2.11. The first-order chi connectivity index (χ1) is 10.2. The highest BCUT2D eigenvalue weighted by atomic mass is 32.1. The van der Waals surface area contributed by atoms with E-state index >= 15 is 0 Å². The van der Waals surface area contributed by atoms with Crippen LogP contribution in [0.5, 0.6) is 0 Å². The van der Waals surface area contributed by atoms with E-state index in [0.717, 1.165) is 32.8 Å². The molecule has 0 unspecified atom stereocenters. The van der Waals surface area contributed by atoms with Crippen LogP contribution in [0.1, 0.15) is 5.56 Å². The highest BCUT2D eigenvalue weighted by Crippen LogP contribution is 2.33. The van der Waals surface area contributed by atoms with Crippen molar-refractivity contribution in [1.29, 1.82) is 0 Å². The molecule has 0 fully saturated rings. The minimum atomic E-state index is -0.388. The van der Waals surface area contributed by atoms with E-state index in [9.17, 15) is 10.1 Å². The lowest BCUT2D eigenvalue weighted by atomic mass is 10.1. The molecule has 5 nitrogen and oxygen atoms in total. The largest absolute Gasteiger partial charge is 0.330 e. The van der Waals surface area contributed by atoms with Crippen LogP contribution >= 0.6 is 11.3 Å². The molecule has 0 saturated carbocycles. The number of non-ortho nitro benzene ring substituents is 1. The number of nitro benzene ring substituents is 1. The van der Waals surface area contributed by atoms with E-state index in [1.807, 2.05) is 24.3 Å². The Hall–Kier alpha value is -2.31. The fourth-order valence-electron chi connectivity index (χ4n) is 2.24. The Morgan fingerprint density at radius 2 is 2.05 bits per heavy atom. The predicted molar refractivity (Wildman–Crippen MR) is 84.5 cm³/mol. The molecule has 0 aliphatic rings. The molecule has 0 radical (unpaired) electrons. The lowest BCUT2D eigenvalue weighted by molar-refractivity contribution is -0.384. The van der Waals surface area contributed by atoms with Gasteiger partial charge in [0, 0.05) is 17.7 Å². The zero-order valence-corrected chi connectivity index (χ0v) is 12.0. The monoisotopic (exact) mass is 299 g/mol. The van der Waals surface area contributed by atoms with E-state index in [1.165, 1.54) is 17.4 Å². The summed E-state index contributed by atoms with van der Waals surface area (Å²) in [4.78, 5) is 15.0. The normalized spacial score (nSPS) is 10.9. The number of nitro groups is 1. The molecule has 0 spiro atoms. The summed E-state index contributed by atoms with van der Waals surface area (Å²) in [5, 5.41) is 11.7. The van der Waals surface area contributed by atoms with Crippen molar-refractivity contribution >= 4 is 27.2 Å². The second-order valence-electron chi connectivity index (χ2n) is 4.62. The molecule has 2 N–H and O–H groups in total. The Bertz CT molecular complexity index is 814. The van der Waals surface area contributed by atoms with Crippen LogP contribution in [-0.2, 0) is 6.42 Å². The fourth-order valence-corrected chi connectivity index (χ4v) is 3.30. The lowest BCUT2D eigenvalue weighted by Gasteiger charge is -2.04. The van der Waals surface area contributed by atoms with E-state index in [0.29, 0.717) is 6.54 Å². The lowest BCUT2D eigenvalue weighted by Crippen LogP contribution is -2.03. The molecule has 0 aliphatic carbocycles. The standard InChI is InChI=1S/C15H13N3O2S/c16-8-7-10-3-1-2-4-12(10)15-17-13-6-5-11(18(19)20)9-14(13)21-15/h1-6,9H,7-8,16H2. The van der Waals surface area contributed by atoms with Gasteiger partial charge in [-0.15, -0.1) is 11.3 Å². The molecule has 21 heavy (non-hydrogen) atoms. The number of hydrogen-bond donors (Lipinski definition) is 1. The summed E-state index contributed by atoms with van der Waals surface area (Å²) in [6.45, 7) is 0.577. The van der Waals surface area contributed by atoms with E-state index in [1.54, 1.807) is 12.1 Å². The number of hydrogen-bond acceptors (Lipinski definition) is 5. The molecule has 2 aromatic carbocycles. The fraction of sp³-hybridized carbons (Fsp3) is 0.133. The smallest absolute Gasteiger partial charge is 0.270 e. The van der Waals surface area contributed by atoms with Crippen LogP contribution in [0.4, 0.5) is 5.69 Å². The summed E-state index contributed by atoms with van der Waals surface area (Å²) in [7, 11) is 0. The second-order valence-corrected chi connectivity index (χ2v) is 5.65. The maximum atomic E-state index is 10.8. The third-order valence-electron chi connectivity index (χ3n) is 3.24. The molecule has 0 aliphatic heterocycles. The van der Waals surface area contributed by atoms with Crippen LogP contribution in [0.15, 0.2) is 42.5 Å². The van der Waals surface area contributed by atoms with Gasteiger partial charge in [-0.1, -0.05) is 24.3 Å². The van der Waals surface area contributed by atoms with Crippen LogP contribution in [0.25, 0.3) is 20.8 Å². The summed E-state index contributed by atoms with van der Waals surface area (Å²) >= 11 is 1.47. The first-order valence-electron chi connectivity index (χ1n) is 6.52. The Morgan fingerprint density at radius 1 is 1.24 bits per heavy atom. The summed E-state index contributed by atoms with van der Waals surface area (Å²) in [5.74, 6) is 0. The molecule has 6 heteroatoms. The maximum Gasteiger partial charge on any atom is 0.270 e. The van der Waals surface area contributed by atoms with Gasteiger partial charge in [-0.3, -0.25) is 10.1 Å². The van der Waals surface area contributed by atoms with E-state index in [2.05, 4.69) is 4.98 Å². The highest BCUT2D eigenvalue weighted by molar-refractivity contribution is 7.21. The first kappa shape index (κ1) is 13.7. The molecular weight excluding hydrogens is 286 g/mol. The average molecular weight is 299 g/mol. The first-order valence-corrected chi connectivity index (χ1v) is 7.34. The van der Waals surface area contributed by atoms with Crippen molar-refractivity contribution in [3.8, 4) is 10.6 Å². The van der Waals surface area contributed by atoms with Crippen molar-refractivity contribution in [3.63, 3.8) is 0 Å². The molecule has 1 heterocycles. The topological polar surface area (TPSA) is 82.0 Å². The summed E-state index contributed by atoms with van der Waals surface area (Å²) in [6, 6.07) is 12.7. The van der Waals surface area contributed by atoms with Gasteiger partial charge in [0.15, 0.2) is 0 Å². The quantitative estimate of drug-likeness (QED) is 0.591. The zero-order chi connectivity index (χ0) is 14.8. The Kier molecular flexibility index (Phi) is 3.64. The third kappa shape index (κ3) is 2.63. The molecule has 0 atom stereocenters. The molecule has 3 aromatic rings. The maximum absolute atomic E-state index is 10.8. The Morgan fingerprint density at radius 3 is 2.81 bits per heavy atom. The third-order valence-corrected chi connectivity index (χ3v) is 4.30. The number of thiazole rings is 1. The van der Waals surface area contributed by atoms with Crippen molar-refractivity contribution in [2.45, 2.75) is 6.42 Å². The van der Waals surface area contributed by atoms with E-state index < -0.39 is 0 Å². The highest BCUT2D eigenvalue weighted by Gasteiger charge is 2.13. The van der Waals surface area contributed by atoms with Gasteiger partial charge in [0.05, 0.1) is 15.1 Å². The van der Waals surface area contributed by atoms with Crippen molar-refractivity contribution < 1.29 is 4.92 Å². The van der Waals surface area contributed by atoms with E-state index in [4.69, 9.17) is 5.73 Å². The van der Waals surface area contributed by atoms with Gasteiger partial charge in [-0.25, -0.2) is 4.98 Å². The number of fused-ring (bicyclic) bond motifs is 1. The minimum absolute atomic E-state index is 0.0907. The molecule has 106 valence electrons. The molecule has 0 bridgehead atoms. The second kappa shape index (κ2) is 5.59. The zero-order valence-electron chi connectivity index (χ0n) is 11.2. The summed E-state index contributed by atoms with van der Waals surface area (Å²) in [6.07, 6.45) is 0.784. The van der Waals surface area contributed by atoms with Gasteiger partial charge in [0.1, 0.15) is 5.01 Å². The van der Waals surface area contributed by atoms with E-state index in [-0.39, 0.29) is 10.6 Å². The van der Waals surface area contributed by atoms with Gasteiger partial charge in [-0.05, 0) is 24.6 Å². The SMILES string of the molecule is NCCc1ccccc1-c1nc2ccc([N+](=O)[O-])cc2s1. The molecule has 1 aromatic heterocycles. The van der Waals surface area contributed by atoms with Crippen molar-refractivity contribution in [2.24, 2.45) is 5.73 Å². The van der Waals surface area contributed by atoms with Gasteiger partial charge in [0.25, 0.3) is 5.69 Å². The van der Waals surface area contributed by atoms with Crippen LogP contribution in [0.3, 0.4) is 0 Å². The van der Waals surface area contributed by atoms with Crippen molar-refractivity contribution in [2.75, 3.05) is 6.54 Å². The van der Waals surface area contributed by atoms with Crippen LogP contribution in [0, 0.1) is 10.1 Å². The average Bonchev–Trinajstić information content (AvgIpc) is 2.90. The molecular formula is C15H13N3O2S. The number of rotatable bonds is 4. The number of benzene rings is 2. The molecule has 0 amide bonds. The number of aromatic nitrogens is 1. The Labute approximate surface area is 125 Å². The number of nitrogens with two attached hydrogens (primary N) is 1. The van der Waals surface area contributed by atoms with Crippen LogP contribution in [0.2, 0.25) is 0 Å². The van der Waals surface area contributed by atoms with Gasteiger partial charge >= 0.3 is 0 Å². The van der Waals surface area contributed by atoms with Crippen molar-refractivity contribution in [3.05, 3.63) is 58.1 Å². The van der Waals surface area contributed by atoms with Crippen molar-refractivity contribution in [1.82, 2.24) is 4.98 Å². The van der Waals surface area contributed by atoms with Gasteiger partial charge in [0.2, 0.25) is 0 Å². The van der Waals surface area contributed by atoms with Crippen LogP contribution < -0.4 is 5.73 Å². The van der Waals surface area contributed by atoms with Crippen LogP contribution in [-0.4, -0.2) is 16.5 Å². The van der Waals surface area contributed by atoms with Gasteiger partial charge in [-0.2, -0.15) is 0 Å². The van der Waals surface area contributed by atoms with Gasteiger partial charge < -0.3 is 5.73 Å². The minimum Gasteiger partial charge on any atom is -0.330 e. The molecule has 3 rings (SSSR count). The summed E-state index contributed by atoms with van der Waals surface area (Å²) in [5.41, 5.74) is 8.71. The molecule has 0 saturated heterocycles. The summed E-state index contributed by atoms with van der Waals surface area (Å²) < 4.78 is 0.821. The predicted octanol–water partition coefficient (Wildman–Crippen LogP) is 3.37. The number of nitrogens with zero attached hydrogens (tertiary/aromatic N) is 2.